The first kappa shape index (κ1) is 28.9. The highest BCUT2D eigenvalue weighted by Gasteiger charge is 2.31. The van der Waals surface area contributed by atoms with E-state index < -0.39 is 22.0 Å². The Bertz CT molecular complexity index is 1330. The summed E-state index contributed by atoms with van der Waals surface area (Å²) >= 11 is 0. The molecule has 1 atom stereocenters. The summed E-state index contributed by atoms with van der Waals surface area (Å²) in [5.74, 6) is -0.907. The quantitative estimate of drug-likeness (QED) is 0.351. The minimum Gasteiger partial charge on any atom is -0.497 e. The number of carbonyl (C=O) groups excluding carboxylic acids is 2. The molecule has 0 aliphatic rings. The van der Waals surface area contributed by atoms with Gasteiger partial charge < -0.3 is 14.4 Å². The summed E-state index contributed by atoms with van der Waals surface area (Å²) in [7, 11) is -1.06. The summed E-state index contributed by atoms with van der Waals surface area (Å²) in [5, 5.41) is 0. The molecule has 3 rings (SSSR count). The Kier molecular flexibility index (Phi) is 10.0. The van der Waals surface area contributed by atoms with E-state index in [1.165, 1.54) is 30.2 Å². The fraction of sp³-hybridized carbons (Fsp3) is 0.310. The maximum atomic E-state index is 13.5. The van der Waals surface area contributed by atoms with E-state index in [0.29, 0.717) is 12.3 Å². The Hall–Kier alpha value is -3.69. The highest BCUT2D eigenvalue weighted by molar-refractivity contribution is 7.89. The van der Waals surface area contributed by atoms with Crippen LogP contribution in [0.4, 0.5) is 0 Å². The Balaban J connectivity index is 1.80. The second kappa shape index (κ2) is 13.2. The third-order valence-electron chi connectivity index (χ3n) is 6.01. The molecule has 0 fully saturated rings. The van der Waals surface area contributed by atoms with Gasteiger partial charge in [-0.15, -0.1) is 0 Å². The molecule has 0 aliphatic heterocycles. The molecular weight excluding hydrogens is 504 g/mol. The molecule has 0 saturated heterocycles. The molecule has 0 radical (unpaired) electrons. The molecule has 3 aromatic rings. The van der Waals surface area contributed by atoms with Crippen LogP contribution in [0, 0.1) is 5.92 Å². The Morgan fingerprint density at radius 2 is 1.53 bits per heavy atom. The predicted molar refractivity (Wildman–Crippen MR) is 145 cm³/mol. The summed E-state index contributed by atoms with van der Waals surface area (Å²) in [6.45, 7) is 3.87. The third-order valence-corrected chi connectivity index (χ3v) is 7.56. The molecule has 1 N–H and O–H groups in total. The summed E-state index contributed by atoms with van der Waals surface area (Å²) in [5.41, 5.74) is 2.01. The number of amides is 1. The molecule has 0 aliphatic carbocycles. The molecule has 0 spiro atoms. The van der Waals surface area contributed by atoms with Crippen LogP contribution in [0.15, 0.2) is 83.8 Å². The van der Waals surface area contributed by atoms with Crippen molar-refractivity contribution in [3.8, 4) is 5.75 Å². The SMILES string of the molecule is COc1ccc(S(=O)(=O)N[C@@H](C(=O)OCc2ccccc2)C(C)C)c(CC(=O)N(C)Cc2ccccc2)c1. The van der Waals surface area contributed by atoms with Crippen LogP contribution in [0.25, 0.3) is 0 Å². The van der Waals surface area contributed by atoms with E-state index in [4.69, 9.17) is 9.47 Å². The van der Waals surface area contributed by atoms with Gasteiger partial charge in [-0.3, -0.25) is 9.59 Å². The first-order chi connectivity index (χ1) is 18.1. The smallest absolute Gasteiger partial charge is 0.324 e. The number of nitrogens with zero attached hydrogens (tertiary/aromatic N) is 1. The van der Waals surface area contributed by atoms with Crippen molar-refractivity contribution in [1.82, 2.24) is 9.62 Å². The molecule has 3 aromatic carbocycles. The largest absolute Gasteiger partial charge is 0.497 e. The Morgan fingerprint density at radius 1 is 0.921 bits per heavy atom. The number of sulfonamides is 1. The molecule has 1 amide bonds. The lowest BCUT2D eigenvalue weighted by atomic mass is 10.1. The molecule has 0 unspecified atom stereocenters. The van der Waals surface area contributed by atoms with Gasteiger partial charge in [-0.05, 0) is 40.8 Å². The molecule has 0 heterocycles. The van der Waals surface area contributed by atoms with Gasteiger partial charge in [0.05, 0.1) is 18.4 Å². The van der Waals surface area contributed by atoms with E-state index in [1.54, 1.807) is 20.9 Å². The number of esters is 1. The monoisotopic (exact) mass is 538 g/mol. The topological polar surface area (TPSA) is 102 Å². The predicted octanol–water partition coefficient (Wildman–Crippen LogP) is 3.94. The van der Waals surface area contributed by atoms with Crippen LogP contribution in [0.1, 0.15) is 30.5 Å². The molecule has 202 valence electrons. The summed E-state index contributed by atoms with van der Waals surface area (Å²) in [6, 6.07) is 22.0. The van der Waals surface area contributed by atoms with Gasteiger partial charge in [0.2, 0.25) is 15.9 Å². The minimum atomic E-state index is -4.20. The van der Waals surface area contributed by atoms with Crippen LogP contribution in [0.2, 0.25) is 0 Å². The molecule has 0 aromatic heterocycles. The van der Waals surface area contributed by atoms with Crippen molar-refractivity contribution < 1.29 is 27.5 Å². The number of benzene rings is 3. The zero-order valence-electron chi connectivity index (χ0n) is 22.1. The first-order valence-corrected chi connectivity index (χ1v) is 13.8. The highest BCUT2D eigenvalue weighted by Crippen LogP contribution is 2.24. The summed E-state index contributed by atoms with van der Waals surface area (Å²) < 4.78 is 40.2. The van der Waals surface area contributed by atoms with E-state index in [0.717, 1.165) is 11.1 Å². The standard InChI is InChI=1S/C29H34N2O6S/c1-21(2)28(29(33)37-20-23-13-9-6-10-14-23)30-38(34,35)26-16-15-25(36-4)17-24(26)18-27(32)31(3)19-22-11-7-5-8-12-22/h5-17,21,28,30H,18-20H2,1-4H3/t28-/m1/s1. The Labute approximate surface area is 224 Å². The third kappa shape index (κ3) is 7.90. The van der Waals surface area contributed by atoms with Crippen LogP contribution in [0.5, 0.6) is 5.75 Å². The van der Waals surface area contributed by atoms with Crippen molar-refractivity contribution in [2.75, 3.05) is 14.2 Å². The molecule has 0 bridgehead atoms. The van der Waals surface area contributed by atoms with Crippen molar-refractivity contribution in [3.63, 3.8) is 0 Å². The maximum absolute atomic E-state index is 13.5. The van der Waals surface area contributed by atoms with Gasteiger partial charge in [-0.25, -0.2) is 8.42 Å². The average molecular weight is 539 g/mol. The second-order valence-electron chi connectivity index (χ2n) is 9.32. The van der Waals surface area contributed by atoms with Crippen LogP contribution in [-0.4, -0.2) is 45.4 Å². The zero-order valence-corrected chi connectivity index (χ0v) is 22.9. The van der Waals surface area contributed by atoms with Crippen LogP contribution >= 0.6 is 0 Å². The lowest BCUT2D eigenvalue weighted by Gasteiger charge is -2.22. The van der Waals surface area contributed by atoms with Gasteiger partial charge in [0.15, 0.2) is 0 Å². The van der Waals surface area contributed by atoms with E-state index in [-0.39, 0.29) is 35.3 Å². The number of nitrogens with one attached hydrogen (secondary N) is 1. The number of likely N-dealkylation sites (N-methyl/N-ethyl adjacent to an activating group) is 1. The number of hydrogen-bond donors (Lipinski definition) is 1. The van der Waals surface area contributed by atoms with E-state index in [1.807, 2.05) is 60.7 Å². The number of carbonyl (C=O) groups is 2. The normalized spacial score (nSPS) is 12.1. The van der Waals surface area contributed by atoms with Gasteiger partial charge in [0.1, 0.15) is 18.4 Å². The minimum absolute atomic E-state index is 0.0284. The van der Waals surface area contributed by atoms with Crippen molar-refractivity contribution in [3.05, 3.63) is 95.6 Å². The van der Waals surface area contributed by atoms with Gasteiger partial charge in [-0.1, -0.05) is 74.5 Å². The molecule has 0 saturated carbocycles. The van der Waals surface area contributed by atoms with E-state index >= 15 is 0 Å². The number of hydrogen-bond acceptors (Lipinski definition) is 6. The highest BCUT2D eigenvalue weighted by atomic mass is 32.2. The van der Waals surface area contributed by atoms with Crippen LogP contribution in [-0.2, 0) is 43.9 Å². The van der Waals surface area contributed by atoms with Crippen LogP contribution < -0.4 is 9.46 Å². The van der Waals surface area contributed by atoms with Crippen molar-refractivity contribution in [1.29, 1.82) is 0 Å². The lowest BCUT2D eigenvalue weighted by molar-refractivity contribution is -0.148. The Morgan fingerprint density at radius 3 is 2.11 bits per heavy atom. The summed E-state index contributed by atoms with van der Waals surface area (Å²) in [4.78, 5) is 27.4. The molecule has 38 heavy (non-hydrogen) atoms. The summed E-state index contributed by atoms with van der Waals surface area (Å²) in [6.07, 6.45) is -0.165. The average Bonchev–Trinajstić information content (AvgIpc) is 2.91. The van der Waals surface area contributed by atoms with Crippen LogP contribution in [0.3, 0.4) is 0 Å². The van der Waals surface area contributed by atoms with Crippen molar-refractivity contribution in [2.45, 2.75) is 44.4 Å². The maximum Gasteiger partial charge on any atom is 0.324 e. The van der Waals surface area contributed by atoms with E-state index in [2.05, 4.69) is 4.72 Å². The molecule has 9 heteroatoms. The number of methoxy groups -OCH3 is 1. The number of ether oxygens (including phenoxy) is 2. The van der Waals surface area contributed by atoms with Gasteiger partial charge >= 0.3 is 5.97 Å². The van der Waals surface area contributed by atoms with E-state index in [9.17, 15) is 18.0 Å². The number of rotatable bonds is 12. The van der Waals surface area contributed by atoms with Gasteiger partial charge in [-0.2, -0.15) is 4.72 Å². The molecule has 8 nitrogen and oxygen atoms in total. The molecular formula is C29H34N2O6S. The second-order valence-corrected chi connectivity index (χ2v) is 11.0. The fourth-order valence-electron chi connectivity index (χ4n) is 3.83. The van der Waals surface area contributed by atoms with Crippen molar-refractivity contribution >= 4 is 21.9 Å². The lowest BCUT2D eigenvalue weighted by Crippen LogP contribution is -2.45. The first-order valence-electron chi connectivity index (χ1n) is 12.3. The fourth-order valence-corrected chi connectivity index (χ4v) is 5.39. The van der Waals surface area contributed by atoms with Gasteiger partial charge in [0, 0.05) is 13.6 Å². The van der Waals surface area contributed by atoms with Crippen molar-refractivity contribution in [2.24, 2.45) is 5.92 Å². The van der Waals surface area contributed by atoms with Gasteiger partial charge in [0.25, 0.3) is 0 Å². The zero-order chi connectivity index (χ0) is 27.7.